The minimum atomic E-state index is 0. The van der Waals surface area contributed by atoms with Gasteiger partial charge in [0.15, 0.2) is 0 Å². The van der Waals surface area contributed by atoms with Crippen LogP contribution in [0.3, 0.4) is 0 Å². The lowest BCUT2D eigenvalue weighted by Gasteiger charge is -2.24. The van der Waals surface area contributed by atoms with Gasteiger partial charge in [0.1, 0.15) is 4.83 Å². The first-order chi connectivity index (χ1) is 10.2. The third-order valence-corrected chi connectivity index (χ3v) is 5.56. The number of nitrogens with zero attached hydrogens (tertiary/aromatic N) is 2. The van der Waals surface area contributed by atoms with Gasteiger partial charge in [-0.3, -0.25) is 0 Å². The molecule has 0 atom stereocenters. The largest absolute Gasteiger partial charge is 0.332 e. The molecule has 0 N–H and O–H groups in total. The first kappa shape index (κ1) is 15.9. The first-order valence-electron chi connectivity index (χ1n) is 7.24. The highest BCUT2D eigenvalue weighted by Gasteiger charge is 2.23. The Bertz CT molecular complexity index is 792. The maximum atomic E-state index is 6.27. The van der Waals surface area contributed by atoms with Crippen LogP contribution in [-0.4, -0.2) is 23.1 Å². The molecule has 1 aliphatic heterocycles. The van der Waals surface area contributed by atoms with E-state index in [1.165, 1.54) is 27.0 Å². The smallest absolute Gasteiger partial charge is 0.105 e. The van der Waals surface area contributed by atoms with Gasteiger partial charge in [-0.15, -0.1) is 23.7 Å². The Morgan fingerprint density at radius 2 is 2.00 bits per heavy atom. The average Bonchev–Trinajstić information content (AvgIpc) is 2.98. The lowest BCUT2D eigenvalue weighted by Crippen LogP contribution is -2.27. The molecule has 116 valence electrons. The Labute approximate surface area is 145 Å². The van der Waals surface area contributed by atoms with Crippen LogP contribution in [-0.2, 0) is 19.5 Å². The van der Waals surface area contributed by atoms with Gasteiger partial charge in [0.05, 0.1) is 4.34 Å². The lowest BCUT2D eigenvalue weighted by molar-refractivity contribution is 0.310. The molecule has 0 saturated carbocycles. The number of thiophene rings is 1. The topological polar surface area (TPSA) is 8.17 Å². The van der Waals surface area contributed by atoms with E-state index in [1.54, 1.807) is 11.3 Å². The van der Waals surface area contributed by atoms with Crippen LogP contribution in [0.1, 0.15) is 16.8 Å². The van der Waals surface area contributed by atoms with Crippen LogP contribution in [0.4, 0.5) is 0 Å². The van der Waals surface area contributed by atoms with Gasteiger partial charge in [0.2, 0.25) is 0 Å². The molecule has 0 radical (unpaired) electrons. The lowest BCUT2D eigenvalue weighted by atomic mass is 10.1. The van der Waals surface area contributed by atoms with Gasteiger partial charge >= 0.3 is 0 Å². The molecular weight excluding hydrogens is 335 g/mol. The highest BCUT2D eigenvalue weighted by atomic mass is 35.5. The van der Waals surface area contributed by atoms with E-state index in [0.29, 0.717) is 0 Å². The van der Waals surface area contributed by atoms with Crippen molar-refractivity contribution < 1.29 is 0 Å². The van der Waals surface area contributed by atoms with Crippen molar-refractivity contribution in [2.75, 3.05) is 13.6 Å². The molecule has 0 aliphatic carbocycles. The van der Waals surface area contributed by atoms with Gasteiger partial charge in [-0.1, -0.05) is 41.9 Å². The highest BCUT2D eigenvalue weighted by Crippen LogP contribution is 2.38. The quantitative estimate of drug-likeness (QED) is 0.642. The second-order valence-electron chi connectivity index (χ2n) is 5.75. The summed E-state index contributed by atoms with van der Waals surface area (Å²) in [7, 11) is 2.19. The van der Waals surface area contributed by atoms with E-state index in [-0.39, 0.29) is 12.4 Å². The molecule has 4 rings (SSSR count). The summed E-state index contributed by atoms with van der Waals surface area (Å²) in [6.45, 7) is 3.10. The molecule has 5 heteroatoms. The van der Waals surface area contributed by atoms with Gasteiger partial charge in [-0.25, -0.2) is 0 Å². The van der Waals surface area contributed by atoms with Crippen molar-refractivity contribution in [3.63, 3.8) is 0 Å². The fourth-order valence-electron chi connectivity index (χ4n) is 3.25. The summed E-state index contributed by atoms with van der Waals surface area (Å²) >= 11 is 7.97. The number of aromatic nitrogens is 1. The first-order valence-corrected chi connectivity index (χ1v) is 8.43. The van der Waals surface area contributed by atoms with Crippen molar-refractivity contribution in [2.24, 2.45) is 0 Å². The molecule has 0 spiro atoms. The zero-order chi connectivity index (χ0) is 14.4. The SMILES string of the molecule is CN1CCc2c(c3cc(Cl)sc3n2Cc2ccccc2)C1.Cl. The molecule has 0 saturated heterocycles. The van der Waals surface area contributed by atoms with E-state index in [9.17, 15) is 0 Å². The summed E-state index contributed by atoms with van der Waals surface area (Å²) in [5.74, 6) is 0. The molecule has 0 fully saturated rings. The summed E-state index contributed by atoms with van der Waals surface area (Å²) in [6, 6.07) is 12.8. The molecular formula is C17H18Cl2N2S. The van der Waals surface area contributed by atoms with Crippen LogP contribution >= 0.6 is 35.3 Å². The minimum absolute atomic E-state index is 0. The monoisotopic (exact) mass is 352 g/mol. The highest BCUT2D eigenvalue weighted by molar-refractivity contribution is 7.22. The number of halogens is 2. The summed E-state index contributed by atoms with van der Waals surface area (Å²) in [5, 5.41) is 1.35. The van der Waals surface area contributed by atoms with E-state index in [0.717, 1.165) is 30.4 Å². The van der Waals surface area contributed by atoms with Crippen molar-refractivity contribution in [3.05, 3.63) is 57.6 Å². The molecule has 2 nitrogen and oxygen atoms in total. The van der Waals surface area contributed by atoms with E-state index >= 15 is 0 Å². The Morgan fingerprint density at radius 3 is 2.77 bits per heavy atom. The molecule has 3 aromatic rings. The zero-order valence-corrected chi connectivity index (χ0v) is 14.8. The van der Waals surface area contributed by atoms with Gasteiger partial charge in [-0.2, -0.15) is 0 Å². The van der Waals surface area contributed by atoms with E-state index in [1.807, 2.05) is 0 Å². The van der Waals surface area contributed by atoms with Crippen molar-refractivity contribution >= 4 is 45.6 Å². The van der Waals surface area contributed by atoms with Crippen LogP contribution in [0.5, 0.6) is 0 Å². The Hall–Kier alpha value is -1.00. The fourth-order valence-corrected chi connectivity index (χ4v) is 4.52. The number of likely N-dealkylation sites (N-methyl/N-ethyl adjacent to an activating group) is 1. The summed E-state index contributed by atoms with van der Waals surface area (Å²) in [4.78, 5) is 3.71. The van der Waals surface area contributed by atoms with Gasteiger partial charge in [0, 0.05) is 37.1 Å². The summed E-state index contributed by atoms with van der Waals surface area (Å²) in [5.41, 5.74) is 4.31. The van der Waals surface area contributed by atoms with Gasteiger partial charge in [-0.05, 0) is 24.2 Å². The van der Waals surface area contributed by atoms with Crippen molar-refractivity contribution in [1.82, 2.24) is 9.47 Å². The molecule has 1 aromatic carbocycles. The molecule has 22 heavy (non-hydrogen) atoms. The van der Waals surface area contributed by atoms with Gasteiger partial charge in [0.25, 0.3) is 0 Å². The Kier molecular flexibility index (Phi) is 4.51. The number of fused-ring (bicyclic) bond motifs is 3. The van der Waals surface area contributed by atoms with Crippen LogP contribution in [0, 0.1) is 0 Å². The molecule has 2 aromatic heterocycles. The predicted octanol–water partition coefficient (Wildman–Crippen LogP) is 4.81. The normalized spacial score (nSPS) is 14.8. The maximum Gasteiger partial charge on any atom is 0.105 e. The molecule has 3 heterocycles. The van der Waals surface area contributed by atoms with Gasteiger partial charge < -0.3 is 9.47 Å². The number of benzene rings is 1. The molecule has 0 bridgehead atoms. The second-order valence-corrected chi connectivity index (χ2v) is 7.42. The summed E-state index contributed by atoms with van der Waals surface area (Å²) < 4.78 is 3.36. The van der Waals surface area contributed by atoms with E-state index in [4.69, 9.17) is 11.6 Å². The van der Waals surface area contributed by atoms with Crippen molar-refractivity contribution in [3.8, 4) is 0 Å². The summed E-state index contributed by atoms with van der Waals surface area (Å²) in [6.07, 6.45) is 1.12. The van der Waals surface area contributed by atoms with Crippen LogP contribution in [0.2, 0.25) is 4.34 Å². The number of rotatable bonds is 2. The molecule has 1 aliphatic rings. The third kappa shape index (κ3) is 2.67. The van der Waals surface area contributed by atoms with E-state index in [2.05, 4.69) is 52.9 Å². The maximum absolute atomic E-state index is 6.27. The van der Waals surface area contributed by atoms with Crippen LogP contribution in [0.15, 0.2) is 36.4 Å². The second kappa shape index (κ2) is 6.25. The van der Waals surface area contributed by atoms with Crippen molar-refractivity contribution in [2.45, 2.75) is 19.5 Å². The van der Waals surface area contributed by atoms with Crippen molar-refractivity contribution in [1.29, 1.82) is 0 Å². The Balaban J connectivity index is 0.00000144. The van der Waals surface area contributed by atoms with Crippen LogP contribution in [0.25, 0.3) is 10.2 Å². The fraction of sp³-hybridized carbons (Fsp3) is 0.294. The number of hydrogen-bond acceptors (Lipinski definition) is 2. The zero-order valence-electron chi connectivity index (χ0n) is 12.4. The minimum Gasteiger partial charge on any atom is -0.332 e. The average molecular weight is 353 g/mol. The molecule has 0 amide bonds. The Morgan fingerprint density at radius 1 is 1.23 bits per heavy atom. The molecule has 0 unspecified atom stereocenters. The van der Waals surface area contributed by atoms with E-state index < -0.39 is 0 Å². The van der Waals surface area contributed by atoms with Crippen LogP contribution < -0.4 is 0 Å². The third-order valence-electron chi connectivity index (χ3n) is 4.27. The predicted molar refractivity (Wildman–Crippen MR) is 97.7 cm³/mol. The standard InChI is InChI=1S/C17H17ClN2S.ClH/c1-19-8-7-15-14(11-19)13-9-16(18)21-17(13)20(15)10-12-5-3-2-4-6-12;/h2-6,9H,7-8,10-11H2,1H3;1H. The number of hydrogen-bond donors (Lipinski definition) is 0.